The Balaban J connectivity index is 1.14. The van der Waals surface area contributed by atoms with Crippen molar-refractivity contribution < 1.29 is 25.2 Å². The predicted octanol–water partition coefficient (Wildman–Crippen LogP) is 15.2. The zero-order valence-corrected chi connectivity index (χ0v) is 38.1. The van der Waals surface area contributed by atoms with E-state index >= 15 is 0 Å². The number of benzene rings is 4. The van der Waals surface area contributed by atoms with E-state index in [0.717, 1.165) is 79.4 Å². The molecule has 3 aromatic heterocycles. The van der Waals surface area contributed by atoms with Gasteiger partial charge in [-0.3, -0.25) is 0 Å². The number of phenolic OH excluding ortho intramolecular Hbond substituents is 4. The molecule has 0 amide bonds. The maximum absolute atomic E-state index is 11.5. The van der Waals surface area contributed by atoms with Gasteiger partial charge in [-0.05, 0) is 126 Å². The molecule has 8 bridgehead atoms. The van der Waals surface area contributed by atoms with Gasteiger partial charge in [0.25, 0.3) is 0 Å². The van der Waals surface area contributed by atoms with E-state index in [1.54, 1.807) is 42.5 Å². The highest BCUT2D eigenvalue weighted by Gasteiger charge is 2.20. The Hall–Kier alpha value is -7.52. The van der Waals surface area contributed by atoms with Crippen molar-refractivity contribution >= 4 is 46.4 Å². The van der Waals surface area contributed by atoms with Gasteiger partial charge in [-0.2, -0.15) is 0 Å². The van der Waals surface area contributed by atoms with E-state index in [2.05, 4.69) is 16.9 Å². The van der Waals surface area contributed by atoms with Crippen LogP contribution in [0.25, 0.3) is 90.9 Å². The first kappa shape index (κ1) is 44.7. The number of fused-ring (bicyclic) bond motifs is 8. The van der Waals surface area contributed by atoms with Gasteiger partial charge in [-0.15, -0.1) is 0 Å². The lowest BCUT2D eigenvalue weighted by molar-refractivity contribution is 0.289. The van der Waals surface area contributed by atoms with Gasteiger partial charge >= 0.3 is 0 Å². The molecule has 0 radical (unpaired) electrons. The number of ether oxygens (including phenoxy) is 1. The minimum Gasteiger partial charge on any atom is -0.508 e. The number of hydrogen-bond donors (Lipinski definition) is 6. The Kier molecular flexibility index (Phi) is 13.8. The number of aromatic hydroxyl groups is 4. The summed E-state index contributed by atoms with van der Waals surface area (Å²) in [6, 6.07) is 34.9. The van der Waals surface area contributed by atoms with Gasteiger partial charge < -0.3 is 35.1 Å². The quantitative estimate of drug-likeness (QED) is 0.0470. The van der Waals surface area contributed by atoms with Crippen LogP contribution in [0.2, 0.25) is 0 Å². The van der Waals surface area contributed by atoms with E-state index in [1.807, 2.05) is 97.1 Å². The molecule has 67 heavy (non-hydrogen) atoms. The number of H-pyrrole nitrogens is 2. The van der Waals surface area contributed by atoms with Gasteiger partial charge in [0.2, 0.25) is 0 Å². The van der Waals surface area contributed by atoms with Crippen LogP contribution in [-0.4, -0.2) is 47.0 Å². The fourth-order valence-corrected chi connectivity index (χ4v) is 9.22. The molecule has 4 aromatic carbocycles. The van der Waals surface area contributed by atoms with Crippen molar-refractivity contribution in [3.63, 3.8) is 0 Å². The molecular formula is C58H58N4O5. The summed E-state index contributed by atoms with van der Waals surface area (Å²) < 4.78 is 6.15. The molecule has 9 rings (SSSR count). The van der Waals surface area contributed by atoms with E-state index in [-0.39, 0.29) is 23.0 Å². The van der Waals surface area contributed by atoms with Crippen LogP contribution < -0.4 is 4.74 Å². The van der Waals surface area contributed by atoms with Gasteiger partial charge in [0.05, 0.1) is 29.4 Å². The van der Waals surface area contributed by atoms with Crippen molar-refractivity contribution in [3.8, 4) is 73.3 Å². The molecule has 2 aliphatic heterocycles. The molecule has 0 aliphatic carbocycles. The summed E-state index contributed by atoms with van der Waals surface area (Å²) in [5.74, 6) is 0.970. The second-order valence-corrected chi connectivity index (χ2v) is 17.6. The molecule has 0 saturated carbocycles. The molecule has 2 aliphatic rings. The highest BCUT2D eigenvalue weighted by atomic mass is 16.5. The average molecular weight is 891 g/mol. The Morgan fingerprint density at radius 1 is 0.388 bits per heavy atom. The molecule has 9 heteroatoms. The normalized spacial score (nSPS) is 12.0. The molecule has 0 unspecified atom stereocenters. The largest absolute Gasteiger partial charge is 0.508 e. The summed E-state index contributed by atoms with van der Waals surface area (Å²) in [7, 11) is 0. The molecule has 0 spiro atoms. The molecule has 0 fully saturated rings. The van der Waals surface area contributed by atoms with E-state index < -0.39 is 0 Å². The SMILES string of the molecule is CCCCCCCCCCCCCCOc1ccc(-c2c3nc(c(-c4ccc(O)cc4)c4ccc([nH]4)c(-c4ccc(O)cc4)c4nc(c(-c5ccc(O)cc5)c5ccc2[nH]5)C=C4)C=C3)cc1O. The van der Waals surface area contributed by atoms with Crippen LogP contribution in [-0.2, 0) is 0 Å². The standard InChI is InChI=1S/C58H58N4O5/c1-2-3-4-5-6-7-8-9-10-11-12-13-36-67-54-35-20-41(37-53(54)66)58-51-33-31-49(61-51)56(39-16-23-43(64)24-17-39)47-29-27-45(59-47)55(38-14-21-42(63)22-15-38)46-28-30-48(60-46)57(50-32-34-52(58)62-50)40-18-25-44(65)26-19-40/h14-35,37,59,62-66H,2-13,36H2,1H3. The lowest BCUT2D eigenvalue weighted by atomic mass is 10.0. The lowest BCUT2D eigenvalue weighted by Gasteiger charge is -2.11. The van der Waals surface area contributed by atoms with Crippen molar-refractivity contribution in [2.24, 2.45) is 0 Å². The van der Waals surface area contributed by atoms with E-state index in [9.17, 15) is 20.4 Å². The Morgan fingerprint density at radius 3 is 1.07 bits per heavy atom. The van der Waals surface area contributed by atoms with Crippen molar-refractivity contribution in [2.75, 3.05) is 6.61 Å². The first-order valence-electron chi connectivity index (χ1n) is 23.8. The average Bonchev–Trinajstić information content (AvgIpc) is 4.19. The van der Waals surface area contributed by atoms with Gasteiger partial charge in [-0.25, -0.2) is 9.97 Å². The summed E-state index contributed by atoms with van der Waals surface area (Å²) >= 11 is 0. The topological polar surface area (TPSA) is 148 Å². The summed E-state index contributed by atoms with van der Waals surface area (Å²) in [6.45, 7) is 2.80. The smallest absolute Gasteiger partial charge is 0.160 e. The highest BCUT2D eigenvalue weighted by Crippen LogP contribution is 2.40. The summed E-state index contributed by atoms with van der Waals surface area (Å²) in [5, 5.41) is 42.4. The molecule has 9 nitrogen and oxygen atoms in total. The zero-order chi connectivity index (χ0) is 46.1. The van der Waals surface area contributed by atoms with Crippen LogP contribution in [0.4, 0.5) is 0 Å². The zero-order valence-electron chi connectivity index (χ0n) is 38.1. The first-order valence-corrected chi connectivity index (χ1v) is 23.8. The number of aromatic nitrogens is 4. The molecule has 0 atom stereocenters. The predicted molar refractivity (Wildman–Crippen MR) is 274 cm³/mol. The molecule has 0 saturated heterocycles. The van der Waals surface area contributed by atoms with Crippen molar-refractivity contribution in [3.05, 3.63) is 138 Å². The van der Waals surface area contributed by atoms with Crippen molar-refractivity contribution in [1.82, 2.24) is 19.9 Å². The van der Waals surface area contributed by atoms with Crippen LogP contribution in [0.3, 0.4) is 0 Å². The minimum atomic E-state index is 0.0513. The molecule has 5 heterocycles. The summed E-state index contributed by atoms with van der Waals surface area (Å²) in [6.07, 6.45) is 23.2. The Labute approximate surface area is 391 Å². The van der Waals surface area contributed by atoms with E-state index in [0.29, 0.717) is 35.1 Å². The highest BCUT2D eigenvalue weighted by molar-refractivity contribution is 6.00. The second-order valence-electron chi connectivity index (χ2n) is 17.6. The number of unbranched alkanes of at least 4 members (excludes halogenated alkanes) is 11. The van der Waals surface area contributed by atoms with Gasteiger partial charge in [0, 0.05) is 44.3 Å². The summed E-state index contributed by atoms with van der Waals surface area (Å²) in [4.78, 5) is 18.0. The van der Waals surface area contributed by atoms with E-state index in [4.69, 9.17) is 14.7 Å². The van der Waals surface area contributed by atoms with Crippen molar-refractivity contribution in [2.45, 2.75) is 84.0 Å². The monoisotopic (exact) mass is 890 g/mol. The van der Waals surface area contributed by atoms with Crippen LogP contribution in [0, 0.1) is 0 Å². The van der Waals surface area contributed by atoms with Crippen LogP contribution in [0.15, 0.2) is 115 Å². The van der Waals surface area contributed by atoms with Crippen LogP contribution in [0.5, 0.6) is 28.7 Å². The maximum atomic E-state index is 11.5. The van der Waals surface area contributed by atoms with E-state index in [1.165, 1.54) is 64.2 Å². The summed E-state index contributed by atoms with van der Waals surface area (Å²) in [5.41, 5.74) is 12.5. The second kappa shape index (κ2) is 20.8. The molecular weight excluding hydrogens is 833 g/mol. The third-order valence-corrected chi connectivity index (χ3v) is 12.7. The lowest BCUT2D eigenvalue weighted by Crippen LogP contribution is -1.98. The number of nitrogens with zero attached hydrogens (tertiary/aromatic N) is 2. The number of rotatable bonds is 18. The third kappa shape index (κ3) is 10.3. The number of aromatic amines is 2. The van der Waals surface area contributed by atoms with Crippen molar-refractivity contribution in [1.29, 1.82) is 0 Å². The fourth-order valence-electron chi connectivity index (χ4n) is 9.22. The van der Waals surface area contributed by atoms with Gasteiger partial charge in [0.15, 0.2) is 11.5 Å². The Morgan fingerprint density at radius 2 is 0.716 bits per heavy atom. The first-order chi connectivity index (χ1) is 32.8. The minimum absolute atomic E-state index is 0.0513. The number of hydrogen-bond acceptors (Lipinski definition) is 7. The molecule has 6 N–H and O–H groups in total. The van der Waals surface area contributed by atoms with Gasteiger partial charge in [0.1, 0.15) is 17.2 Å². The third-order valence-electron chi connectivity index (χ3n) is 12.7. The van der Waals surface area contributed by atoms with Crippen LogP contribution >= 0.6 is 0 Å². The van der Waals surface area contributed by atoms with Crippen LogP contribution in [0.1, 0.15) is 107 Å². The van der Waals surface area contributed by atoms with Gasteiger partial charge in [-0.1, -0.05) is 120 Å². The maximum Gasteiger partial charge on any atom is 0.160 e. The Bertz CT molecular complexity index is 3030. The molecule has 7 aromatic rings. The fraction of sp³-hybridized carbons (Fsp3) is 0.241. The number of nitrogens with one attached hydrogen (secondary N) is 2. The molecule has 340 valence electrons. The number of phenols is 4.